The number of ether oxygens (including phenoxy) is 2. The number of nitrogens with one attached hydrogen (secondary N) is 4. The van der Waals surface area contributed by atoms with Crippen molar-refractivity contribution in [3.8, 4) is 0 Å². The van der Waals surface area contributed by atoms with Crippen molar-refractivity contribution < 1.29 is 14.3 Å². The van der Waals surface area contributed by atoms with Crippen LogP contribution in [-0.4, -0.2) is 71.6 Å². The maximum Gasteiger partial charge on any atom is 0.410 e. The number of hydrogen-bond acceptors (Lipinski definition) is 9. The fraction of sp³-hybridized carbons (Fsp3) is 0.609. The second-order valence-corrected chi connectivity index (χ2v) is 9.26. The SMILES string of the molecule is COCCOC(=O)N1[C@@H]2CC[C@H]1CC(Nc1nc(NC3CC(C)NN3)cc3ncccc13)C2. The molecule has 33 heavy (non-hydrogen) atoms. The first-order chi connectivity index (χ1) is 16.1. The molecule has 10 heteroatoms. The number of pyridine rings is 2. The lowest BCUT2D eigenvalue weighted by Gasteiger charge is -2.38. The van der Waals surface area contributed by atoms with Gasteiger partial charge in [0.25, 0.3) is 0 Å². The summed E-state index contributed by atoms with van der Waals surface area (Å²) in [5.74, 6) is 1.63. The summed E-state index contributed by atoms with van der Waals surface area (Å²) in [6.45, 7) is 2.85. The largest absolute Gasteiger partial charge is 0.447 e. The Morgan fingerprint density at radius 1 is 1.18 bits per heavy atom. The molecule has 0 saturated carbocycles. The number of aromatic nitrogens is 2. The van der Waals surface area contributed by atoms with Gasteiger partial charge in [0.2, 0.25) is 0 Å². The number of rotatable bonds is 7. The van der Waals surface area contributed by atoms with E-state index in [4.69, 9.17) is 14.5 Å². The van der Waals surface area contributed by atoms with Crippen LogP contribution in [0, 0.1) is 0 Å². The van der Waals surface area contributed by atoms with Crippen LogP contribution in [0.2, 0.25) is 0 Å². The fourth-order valence-electron chi connectivity index (χ4n) is 5.32. The van der Waals surface area contributed by atoms with E-state index >= 15 is 0 Å². The molecule has 0 radical (unpaired) electrons. The quantitative estimate of drug-likeness (QED) is 0.468. The fourth-order valence-corrected chi connectivity index (χ4v) is 5.32. The number of hydrogen-bond donors (Lipinski definition) is 4. The van der Waals surface area contributed by atoms with Crippen LogP contribution in [0.15, 0.2) is 24.4 Å². The lowest BCUT2D eigenvalue weighted by Crippen LogP contribution is -2.50. The second kappa shape index (κ2) is 9.66. The maximum atomic E-state index is 12.6. The number of anilines is 2. The Bertz CT molecular complexity index is 976. The van der Waals surface area contributed by atoms with Crippen molar-refractivity contribution in [3.05, 3.63) is 24.4 Å². The van der Waals surface area contributed by atoms with Gasteiger partial charge in [0.15, 0.2) is 0 Å². The third kappa shape index (κ3) is 4.83. The first kappa shape index (κ1) is 22.1. The number of fused-ring (bicyclic) bond motifs is 3. The molecule has 3 aliphatic rings. The number of hydrazine groups is 1. The van der Waals surface area contributed by atoms with Crippen LogP contribution >= 0.6 is 0 Å². The third-order valence-corrected chi connectivity index (χ3v) is 6.81. The van der Waals surface area contributed by atoms with Crippen LogP contribution in [0.3, 0.4) is 0 Å². The van der Waals surface area contributed by atoms with Gasteiger partial charge in [-0.25, -0.2) is 15.2 Å². The molecule has 2 aromatic rings. The first-order valence-electron chi connectivity index (χ1n) is 11.8. The Morgan fingerprint density at radius 3 is 2.73 bits per heavy atom. The van der Waals surface area contributed by atoms with E-state index < -0.39 is 0 Å². The van der Waals surface area contributed by atoms with Gasteiger partial charge >= 0.3 is 6.09 Å². The summed E-state index contributed by atoms with van der Waals surface area (Å²) in [6.07, 6.45) is 6.45. The summed E-state index contributed by atoms with van der Waals surface area (Å²) in [5.41, 5.74) is 7.39. The van der Waals surface area contributed by atoms with E-state index in [1.165, 1.54) is 0 Å². The number of carbonyl (C=O) groups excluding carboxylic acids is 1. The van der Waals surface area contributed by atoms with Gasteiger partial charge in [0.05, 0.1) is 18.3 Å². The molecule has 2 aromatic heterocycles. The summed E-state index contributed by atoms with van der Waals surface area (Å²) >= 11 is 0. The molecule has 3 unspecified atom stereocenters. The van der Waals surface area contributed by atoms with Gasteiger partial charge in [-0.2, -0.15) is 0 Å². The minimum absolute atomic E-state index is 0.115. The minimum Gasteiger partial charge on any atom is -0.447 e. The normalized spacial score (nSPS) is 28.8. The summed E-state index contributed by atoms with van der Waals surface area (Å²) in [7, 11) is 1.61. The average molecular weight is 456 g/mol. The summed E-state index contributed by atoms with van der Waals surface area (Å²) < 4.78 is 10.4. The molecular weight excluding hydrogens is 422 g/mol. The molecule has 3 aliphatic heterocycles. The topological polar surface area (TPSA) is 113 Å². The van der Waals surface area contributed by atoms with Crippen molar-refractivity contribution in [2.75, 3.05) is 31.0 Å². The number of amides is 1. The van der Waals surface area contributed by atoms with Crippen molar-refractivity contribution in [1.82, 2.24) is 25.7 Å². The van der Waals surface area contributed by atoms with Gasteiger partial charge in [-0.15, -0.1) is 0 Å². The molecule has 3 fully saturated rings. The lowest BCUT2D eigenvalue weighted by molar-refractivity contribution is 0.0485. The van der Waals surface area contributed by atoms with Crippen LogP contribution in [0.1, 0.15) is 39.0 Å². The van der Waals surface area contributed by atoms with Crippen molar-refractivity contribution in [2.24, 2.45) is 0 Å². The van der Waals surface area contributed by atoms with Crippen molar-refractivity contribution in [3.63, 3.8) is 0 Å². The van der Waals surface area contributed by atoms with Gasteiger partial charge < -0.3 is 25.0 Å². The van der Waals surface area contributed by atoms with E-state index in [2.05, 4.69) is 39.5 Å². The molecule has 5 heterocycles. The van der Waals surface area contributed by atoms with E-state index in [-0.39, 0.29) is 30.4 Å². The Labute approximate surface area is 193 Å². The zero-order chi connectivity index (χ0) is 22.8. The Hall–Kier alpha value is -2.69. The van der Waals surface area contributed by atoms with Crippen LogP contribution < -0.4 is 21.5 Å². The smallest absolute Gasteiger partial charge is 0.410 e. The monoisotopic (exact) mass is 455 g/mol. The van der Waals surface area contributed by atoms with E-state index in [0.717, 1.165) is 54.6 Å². The minimum atomic E-state index is -0.219. The number of piperidine rings is 1. The highest BCUT2D eigenvalue weighted by atomic mass is 16.6. The predicted octanol–water partition coefficient (Wildman–Crippen LogP) is 2.44. The zero-order valence-electron chi connectivity index (χ0n) is 19.2. The van der Waals surface area contributed by atoms with Gasteiger partial charge in [0.1, 0.15) is 18.2 Å². The Kier molecular flexibility index (Phi) is 6.48. The molecule has 0 aromatic carbocycles. The molecular formula is C23H33N7O3. The van der Waals surface area contributed by atoms with Crippen LogP contribution in [0.4, 0.5) is 16.4 Å². The van der Waals surface area contributed by atoms with Crippen molar-refractivity contribution >= 4 is 28.6 Å². The molecule has 178 valence electrons. The van der Waals surface area contributed by atoms with Crippen LogP contribution in [0.25, 0.3) is 10.9 Å². The average Bonchev–Trinajstić information content (AvgIpc) is 3.33. The van der Waals surface area contributed by atoms with Crippen LogP contribution in [0.5, 0.6) is 0 Å². The highest BCUT2D eigenvalue weighted by molar-refractivity contribution is 5.91. The molecule has 3 saturated heterocycles. The molecule has 1 amide bonds. The second-order valence-electron chi connectivity index (χ2n) is 9.26. The predicted molar refractivity (Wildman–Crippen MR) is 126 cm³/mol. The number of methoxy groups -OCH3 is 1. The van der Waals surface area contributed by atoms with Gasteiger partial charge in [-0.3, -0.25) is 10.4 Å². The summed E-state index contributed by atoms with van der Waals surface area (Å²) in [6, 6.07) is 7.01. The molecule has 5 rings (SSSR count). The summed E-state index contributed by atoms with van der Waals surface area (Å²) in [5, 5.41) is 8.16. The first-order valence-corrected chi connectivity index (χ1v) is 11.8. The van der Waals surface area contributed by atoms with Crippen molar-refractivity contribution in [2.45, 2.75) is 69.4 Å². The highest BCUT2D eigenvalue weighted by Crippen LogP contribution is 2.38. The van der Waals surface area contributed by atoms with Gasteiger partial charge in [-0.05, 0) is 51.2 Å². The molecule has 0 aliphatic carbocycles. The maximum absolute atomic E-state index is 12.6. The van der Waals surface area contributed by atoms with E-state index in [1.807, 2.05) is 17.0 Å². The van der Waals surface area contributed by atoms with Gasteiger partial charge in [-0.1, -0.05) is 0 Å². The highest BCUT2D eigenvalue weighted by Gasteiger charge is 2.44. The molecule has 5 atom stereocenters. The van der Waals surface area contributed by atoms with E-state index in [0.29, 0.717) is 19.3 Å². The lowest BCUT2D eigenvalue weighted by atomic mass is 9.97. The zero-order valence-corrected chi connectivity index (χ0v) is 19.2. The number of carbonyl (C=O) groups is 1. The van der Waals surface area contributed by atoms with E-state index in [9.17, 15) is 4.79 Å². The van der Waals surface area contributed by atoms with Gasteiger partial charge in [0, 0.05) is 48.9 Å². The summed E-state index contributed by atoms with van der Waals surface area (Å²) in [4.78, 5) is 24.0. The van der Waals surface area contributed by atoms with Crippen LogP contribution in [-0.2, 0) is 9.47 Å². The Morgan fingerprint density at radius 2 is 2.00 bits per heavy atom. The Balaban J connectivity index is 1.30. The molecule has 2 bridgehead atoms. The third-order valence-electron chi connectivity index (χ3n) is 6.81. The van der Waals surface area contributed by atoms with E-state index in [1.54, 1.807) is 13.3 Å². The standard InChI is InChI=1S/C23H33N7O3/c1-14-10-21(29-28-14)26-20-13-19-18(4-3-7-24-19)22(27-20)25-15-11-16-5-6-17(12-15)30(16)23(31)33-9-8-32-2/h3-4,7,13-17,21,28-29H,5-6,8-12H2,1-2H3,(H2,25,26,27)/t14?,15?,16-,17+,21?. The molecule has 0 spiro atoms. The van der Waals surface area contributed by atoms with Crippen molar-refractivity contribution in [1.29, 1.82) is 0 Å². The number of nitrogens with zero attached hydrogens (tertiary/aromatic N) is 3. The molecule has 4 N–H and O–H groups in total. The molecule has 10 nitrogen and oxygen atoms in total.